The number of anilines is 3. The van der Waals surface area contributed by atoms with Crippen LogP contribution in [-0.4, -0.2) is 42.8 Å². The number of nitrogens with zero attached hydrogens (tertiary/aromatic N) is 3. The zero-order valence-corrected chi connectivity index (χ0v) is 17.7. The van der Waals surface area contributed by atoms with E-state index in [1.807, 2.05) is 6.07 Å². The van der Waals surface area contributed by atoms with Crippen LogP contribution in [0.3, 0.4) is 0 Å². The number of halogens is 3. The number of pyridine rings is 1. The van der Waals surface area contributed by atoms with Gasteiger partial charge >= 0.3 is 6.18 Å². The quantitative estimate of drug-likeness (QED) is 0.499. The molecule has 0 fully saturated rings. The molecule has 0 spiro atoms. The molecule has 0 amide bonds. The Morgan fingerprint density at radius 3 is 2.25 bits per heavy atom. The van der Waals surface area contributed by atoms with E-state index in [9.17, 15) is 13.2 Å². The van der Waals surface area contributed by atoms with Crippen molar-refractivity contribution < 1.29 is 27.4 Å². The van der Waals surface area contributed by atoms with E-state index in [-0.39, 0.29) is 18.3 Å². The Morgan fingerprint density at radius 2 is 1.69 bits per heavy atom. The van der Waals surface area contributed by atoms with Crippen molar-refractivity contribution in [2.24, 2.45) is 0 Å². The predicted octanol–water partition coefficient (Wildman–Crippen LogP) is 4.31. The van der Waals surface area contributed by atoms with Gasteiger partial charge < -0.3 is 24.8 Å². The molecule has 32 heavy (non-hydrogen) atoms. The van der Waals surface area contributed by atoms with Gasteiger partial charge in [-0.25, -0.2) is 4.98 Å². The van der Waals surface area contributed by atoms with Crippen LogP contribution in [0.5, 0.6) is 17.2 Å². The van der Waals surface area contributed by atoms with Crippen molar-refractivity contribution in [3.05, 3.63) is 54.0 Å². The van der Waals surface area contributed by atoms with Gasteiger partial charge in [-0.15, -0.1) is 0 Å². The fourth-order valence-electron chi connectivity index (χ4n) is 2.92. The number of hydrogen-bond donors (Lipinski definition) is 2. The standard InChI is InChI=1S/C21H22F3N5O3/c1-30-16-10-14(11-17(31-2)18(16)32-3)28-20-27-12-15(21(22,23)24)19(29-20)26-9-7-13-6-4-5-8-25-13/h4-6,8,10-12H,7,9H2,1-3H3,(H2,26,27,28,29). The van der Waals surface area contributed by atoms with E-state index in [2.05, 4.69) is 25.6 Å². The number of aromatic nitrogens is 3. The third kappa shape index (κ3) is 5.48. The van der Waals surface area contributed by atoms with Crippen molar-refractivity contribution in [3.8, 4) is 17.2 Å². The first-order chi connectivity index (χ1) is 15.4. The molecule has 1 aromatic carbocycles. The first-order valence-electron chi connectivity index (χ1n) is 9.50. The van der Waals surface area contributed by atoms with Gasteiger partial charge in [0, 0.05) is 48.9 Å². The molecular weight excluding hydrogens is 427 g/mol. The number of methoxy groups -OCH3 is 3. The largest absolute Gasteiger partial charge is 0.493 e. The van der Waals surface area contributed by atoms with Gasteiger partial charge in [0.1, 0.15) is 11.4 Å². The Bertz CT molecular complexity index is 1020. The molecule has 2 heterocycles. The molecule has 3 rings (SSSR count). The molecule has 0 bridgehead atoms. The summed E-state index contributed by atoms with van der Waals surface area (Å²) in [5.41, 5.74) is 0.228. The maximum atomic E-state index is 13.4. The highest BCUT2D eigenvalue weighted by Gasteiger charge is 2.35. The third-order valence-corrected chi connectivity index (χ3v) is 4.41. The first-order valence-corrected chi connectivity index (χ1v) is 9.50. The fourth-order valence-corrected chi connectivity index (χ4v) is 2.92. The lowest BCUT2D eigenvalue weighted by Gasteiger charge is -2.16. The Hall–Kier alpha value is -3.76. The molecular formula is C21H22F3N5O3. The van der Waals surface area contributed by atoms with Crippen LogP contribution in [-0.2, 0) is 12.6 Å². The van der Waals surface area contributed by atoms with Gasteiger partial charge in [0.05, 0.1) is 21.3 Å². The fraction of sp³-hybridized carbons (Fsp3) is 0.286. The Labute approximate surface area is 182 Å². The lowest BCUT2D eigenvalue weighted by Crippen LogP contribution is -2.16. The zero-order valence-electron chi connectivity index (χ0n) is 17.7. The van der Waals surface area contributed by atoms with Crippen molar-refractivity contribution in [2.45, 2.75) is 12.6 Å². The first kappa shape index (κ1) is 22.9. The minimum absolute atomic E-state index is 0.0346. The summed E-state index contributed by atoms with van der Waals surface area (Å²) in [5.74, 6) is 0.752. The maximum absolute atomic E-state index is 13.4. The SMILES string of the molecule is COc1cc(Nc2ncc(C(F)(F)F)c(NCCc3ccccn3)n2)cc(OC)c1OC. The van der Waals surface area contributed by atoms with Crippen LogP contribution in [0.25, 0.3) is 0 Å². The van der Waals surface area contributed by atoms with Crippen molar-refractivity contribution in [1.82, 2.24) is 15.0 Å². The van der Waals surface area contributed by atoms with E-state index in [4.69, 9.17) is 14.2 Å². The van der Waals surface area contributed by atoms with Crippen molar-refractivity contribution in [1.29, 1.82) is 0 Å². The van der Waals surface area contributed by atoms with Crippen LogP contribution in [0, 0.1) is 0 Å². The monoisotopic (exact) mass is 449 g/mol. The van der Waals surface area contributed by atoms with E-state index < -0.39 is 11.7 Å². The summed E-state index contributed by atoms with van der Waals surface area (Å²) >= 11 is 0. The average molecular weight is 449 g/mol. The summed E-state index contributed by atoms with van der Waals surface area (Å²) in [6.45, 7) is 0.209. The highest BCUT2D eigenvalue weighted by atomic mass is 19.4. The Balaban J connectivity index is 1.85. The number of alkyl halides is 3. The van der Waals surface area contributed by atoms with Gasteiger partial charge in [-0.05, 0) is 12.1 Å². The third-order valence-electron chi connectivity index (χ3n) is 4.41. The Morgan fingerprint density at radius 1 is 0.969 bits per heavy atom. The molecule has 0 aliphatic carbocycles. The van der Waals surface area contributed by atoms with Gasteiger partial charge in [0.15, 0.2) is 11.5 Å². The molecule has 2 N–H and O–H groups in total. The second-order valence-corrected chi connectivity index (χ2v) is 6.49. The molecule has 0 aliphatic rings. The highest BCUT2D eigenvalue weighted by Crippen LogP contribution is 2.40. The smallest absolute Gasteiger partial charge is 0.421 e. The van der Waals surface area contributed by atoms with Crippen LogP contribution in [0.15, 0.2) is 42.7 Å². The highest BCUT2D eigenvalue weighted by molar-refractivity contribution is 5.66. The molecule has 0 unspecified atom stereocenters. The van der Waals surface area contributed by atoms with Crippen LogP contribution in [0.2, 0.25) is 0 Å². The van der Waals surface area contributed by atoms with Crippen molar-refractivity contribution in [3.63, 3.8) is 0 Å². The van der Waals surface area contributed by atoms with Gasteiger partial charge in [0.25, 0.3) is 0 Å². The molecule has 0 aliphatic heterocycles. The summed E-state index contributed by atoms with van der Waals surface area (Å²) in [4.78, 5) is 12.0. The summed E-state index contributed by atoms with van der Waals surface area (Å²) in [6.07, 6.45) is -1.83. The van der Waals surface area contributed by atoms with Crippen LogP contribution in [0.1, 0.15) is 11.3 Å². The Kier molecular flexibility index (Phi) is 7.18. The second-order valence-electron chi connectivity index (χ2n) is 6.49. The van der Waals surface area contributed by atoms with E-state index in [1.165, 1.54) is 21.3 Å². The van der Waals surface area contributed by atoms with Gasteiger partial charge in [-0.2, -0.15) is 18.2 Å². The zero-order chi connectivity index (χ0) is 23.1. The summed E-state index contributed by atoms with van der Waals surface area (Å²) in [7, 11) is 4.38. The van der Waals surface area contributed by atoms with E-state index >= 15 is 0 Å². The molecule has 8 nitrogen and oxygen atoms in total. The maximum Gasteiger partial charge on any atom is 0.421 e. The molecule has 170 valence electrons. The number of rotatable bonds is 9. The minimum Gasteiger partial charge on any atom is -0.493 e. The molecule has 0 atom stereocenters. The molecule has 2 aromatic heterocycles. The van der Waals surface area contributed by atoms with Gasteiger partial charge in [-0.3, -0.25) is 4.98 Å². The average Bonchev–Trinajstić information content (AvgIpc) is 2.78. The molecule has 11 heteroatoms. The predicted molar refractivity (Wildman–Crippen MR) is 113 cm³/mol. The molecule has 0 saturated carbocycles. The van der Waals surface area contributed by atoms with Crippen molar-refractivity contribution in [2.75, 3.05) is 38.5 Å². The number of hydrogen-bond acceptors (Lipinski definition) is 8. The van der Waals surface area contributed by atoms with Crippen LogP contribution >= 0.6 is 0 Å². The van der Waals surface area contributed by atoms with E-state index in [1.54, 1.807) is 30.5 Å². The number of nitrogens with one attached hydrogen (secondary N) is 2. The normalized spacial score (nSPS) is 11.1. The van der Waals surface area contributed by atoms with Crippen LogP contribution in [0.4, 0.5) is 30.6 Å². The second kappa shape index (κ2) is 10.0. The summed E-state index contributed by atoms with van der Waals surface area (Å²) in [6, 6.07) is 8.56. The number of benzene rings is 1. The minimum atomic E-state index is -4.61. The van der Waals surface area contributed by atoms with Gasteiger partial charge in [-0.1, -0.05) is 6.07 Å². The number of ether oxygens (including phenoxy) is 3. The van der Waals surface area contributed by atoms with Crippen molar-refractivity contribution >= 4 is 17.5 Å². The summed E-state index contributed by atoms with van der Waals surface area (Å²) in [5, 5.41) is 5.61. The lowest BCUT2D eigenvalue weighted by molar-refractivity contribution is -0.137. The molecule has 0 saturated heterocycles. The van der Waals surface area contributed by atoms with Gasteiger partial charge in [0.2, 0.25) is 11.7 Å². The van der Waals surface area contributed by atoms with E-state index in [0.29, 0.717) is 29.4 Å². The topological polar surface area (TPSA) is 90.4 Å². The summed E-state index contributed by atoms with van der Waals surface area (Å²) < 4.78 is 56.2. The van der Waals surface area contributed by atoms with E-state index in [0.717, 1.165) is 11.9 Å². The lowest BCUT2D eigenvalue weighted by atomic mass is 10.2. The molecule has 3 aromatic rings. The molecule has 0 radical (unpaired) electrons. The van der Waals surface area contributed by atoms with Crippen LogP contribution < -0.4 is 24.8 Å².